The number of hydrogen-bond acceptors (Lipinski definition) is 5. The molecule has 1 amide bonds. The van der Waals surface area contributed by atoms with Crippen molar-refractivity contribution < 1.29 is 13.2 Å². The molecule has 0 aliphatic rings. The van der Waals surface area contributed by atoms with Crippen LogP contribution in [-0.2, 0) is 16.6 Å². The van der Waals surface area contributed by atoms with Gasteiger partial charge in [-0.3, -0.25) is 4.79 Å². The topological polar surface area (TPSA) is 89.3 Å². The maximum atomic E-state index is 11.9. The normalized spacial score (nSPS) is 11.6. The Morgan fingerprint density at radius 2 is 2.00 bits per heavy atom. The lowest BCUT2D eigenvalue weighted by molar-refractivity contribution is 0.0955. The summed E-state index contributed by atoms with van der Waals surface area (Å²) in [5.41, 5.74) is 1.09. The molecular weight excluding hydrogens is 316 g/mol. The molecule has 2 rings (SSSR count). The molecule has 0 radical (unpaired) electrons. The molecule has 2 aromatic heterocycles. The van der Waals surface area contributed by atoms with Crippen LogP contribution in [0.3, 0.4) is 0 Å². The largest absolute Gasteiger partial charge is 0.346 e. The van der Waals surface area contributed by atoms with Crippen molar-refractivity contribution >= 4 is 38.6 Å². The van der Waals surface area contributed by atoms with E-state index in [4.69, 9.17) is 5.14 Å². The Balaban J connectivity index is 2.02. The van der Waals surface area contributed by atoms with Crippen LogP contribution in [0.4, 0.5) is 0 Å². The van der Waals surface area contributed by atoms with E-state index in [2.05, 4.69) is 5.32 Å². The molecule has 0 aliphatic carbocycles. The fourth-order valence-electron chi connectivity index (χ4n) is 1.55. The third kappa shape index (κ3) is 3.45. The number of primary sulfonamides is 1. The van der Waals surface area contributed by atoms with Crippen LogP contribution in [0, 0.1) is 13.8 Å². The lowest BCUT2D eigenvalue weighted by Gasteiger charge is -2.00. The first kappa shape index (κ1) is 15.2. The fourth-order valence-corrected chi connectivity index (χ4v) is 4.21. The first-order valence-corrected chi connectivity index (χ1v) is 8.92. The maximum Gasteiger partial charge on any atom is 0.261 e. The summed E-state index contributed by atoms with van der Waals surface area (Å²) in [5.74, 6) is -0.156. The first-order chi connectivity index (χ1) is 9.27. The molecule has 0 atom stereocenters. The fraction of sp³-hybridized carbons (Fsp3) is 0.250. The van der Waals surface area contributed by atoms with Crippen LogP contribution in [0.5, 0.6) is 0 Å². The van der Waals surface area contributed by atoms with Crippen LogP contribution in [0.25, 0.3) is 0 Å². The average Bonchev–Trinajstić information content (AvgIpc) is 2.94. The van der Waals surface area contributed by atoms with Gasteiger partial charge in [0.2, 0.25) is 10.0 Å². The molecule has 0 spiro atoms. The Hall–Kier alpha value is -1.22. The van der Waals surface area contributed by atoms with Gasteiger partial charge in [-0.25, -0.2) is 13.6 Å². The van der Waals surface area contributed by atoms with Crippen molar-refractivity contribution in [2.75, 3.05) is 0 Å². The van der Waals surface area contributed by atoms with Crippen molar-refractivity contribution in [1.29, 1.82) is 0 Å². The van der Waals surface area contributed by atoms with Gasteiger partial charge in [-0.2, -0.15) is 0 Å². The Bertz CT molecular complexity index is 724. The van der Waals surface area contributed by atoms with E-state index < -0.39 is 10.0 Å². The number of carbonyl (C=O) groups is 1. The number of amides is 1. The van der Waals surface area contributed by atoms with E-state index >= 15 is 0 Å². The van der Waals surface area contributed by atoms with Crippen LogP contribution < -0.4 is 10.5 Å². The number of aryl methyl sites for hydroxylation is 2. The molecular formula is C12H14N2O3S3. The number of nitrogens with one attached hydrogen (secondary N) is 1. The standard InChI is InChI=1S/C12H14N2O3S3/c1-7-5-10(18-8(7)2)12(15)14-6-9-3-4-11(19-9)20(13,16)17/h3-5H,6H2,1-2H3,(H,14,15)(H2,13,16,17). The van der Waals surface area contributed by atoms with Crippen LogP contribution in [0.1, 0.15) is 25.0 Å². The summed E-state index contributed by atoms with van der Waals surface area (Å²) in [6.45, 7) is 4.21. The molecule has 5 nitrogen and oxygen atoms in total. The Morgan fingerprint density at radius 1 is 1.30 bits per heavy atom. The molecule has 0 saturated carbocycles. The van der Waals surface area contributed by atoms with Crippen molar-refractivity contribution in [3.63, 3.8) is 0 Å². The Morgan fingerprint density at radius 3 is 2.50 bits per heavy atom. The van der Waals surface area contributed by atoms with Gasteiger partial charge in [0.05, 0.1) is 11.4 Å². The van der Waals surface area contributed by atoms with Crippen LogP contribution in [0.2, 0.25) is 0 Å². The number of carbonyl (C=O) groups excluding carboxylic acids is 1. The molecule has 20 heavy (non-hydrogen) atoms. The van der Waals surface area contributed by atoms with Gasteiger partial charge in [-0.1, -0.05) is 0 Å². The van der Waals surface area contributed by atoms with Crippen LogP contribution in [-0.4, -0.2) is 14.3 Å². The SMILES string of the molecule is Cc1cc(C(=O)NCc2ccc(S(N)(=O)=O)s2)sc1C. The van der Waals surface area contributed by atoms with E-state index in [1.807, 2.05) is 19.9 Å². The molecule has 0 bridgehead atoms. The minimum Gasteiger partial charge on any atom is -0.346 e. The van der Waals surface area contributed by atoms with Gasteiger partial charge in [0, 0.05) is 9.75 Å². The number of rotatable bonds is 4. The number of nitrogens with two attached hydrogens (primary N) is 1. The number of hydrogen-bond donors (Lipinski definition) is 2. The summed E-state index contributed by atoms with van der Waals surface area (Å²) in [6.07, 6.45) is 0. The van der Waals surface area contributed by atoms with Crippen molar-refractivity contribution in [1.82, 2.24) is 5.32 Å². The highest BCUT2D eigenvalue weighted by Crippen LogP contribution is 2.22. The van der Waals surface area contributed by atoms with Gasteiger partial charge >= 0.3 is 0 Å². The summed E-state index contributed by atoms with van der Waals surface area (Å²) in [5, 5.41) is 7.80. The second kappa shape index (κ2) is 5.65. The summed E-state index contributed by atoms with van der Waals surface area (Å²) >= 11 is 2.50. The molecule has 3 N–H and O–H groups in total. The molecule has 8 heteroatoms. The van der Waals surface area contributed by atoms with Crippen LogP contribution in [0.15, 0.2) is 22.4 Å². The highest BCUT2D eigenvalue weighted by molar-refractivity contribution is 7.91. The quantitative estimate of drug-likeness (QED) is 0.898. The zero-order valence-electron chi connectivity index (χ0n) is 11.0. The first-order valence-electron chi connectivity index (χ1n) is 5.74. The summed E-state index contributed by atoms with van der Waals surface area (Å²) in [6, 6.07) is 4.94. The van der Waals surface area contributed by atoms with Crippen molar-refractivity contribution in [3.8, 4) is 0 Å². The monoisotopic (exact) mass is 330 g/mol. The maximum absolute atomic E-state index is 11.9. The van der Waals surface area contributed by atoms with Gasteiger partial charge in [0.1, 0.15) is 4.21 Å². The van der Waals surface area contributed by atoms with Crippen molar-refractivity contribution in [3.05, 3.63) is 38.4 Å². The number of thiophene rings is 2. The predicted molar refractivity (Wildman–Crippen MR) is 80.7 cm³/mol. The highest BCUT2D eigenvalue weighted by Gasteiger charge is 2.13. The minimum absolute atomic E-state index is 0.101. The van der Waals surface area contributed by atoms with Gasteiger partial charge < -0.3 is 5.32 Å². The molecule has 0 fully saturated rings. The molecule has 0 aliphatic heterocycles. The lowest BCUT2D eigenvalue weighted by Crippen LogP contribution is -2.21. The molecule has 2 aromatic rings. The number of sulfonamides is 1. The Kier molecular flexibility index (Phi) is 4.28. The summed E-state index contributed by atoms with van der Waals surface area (Å²) in [4.78, 5) is 14.5. The van der Waals surface area contributed by atoms with Crippen molar-refractivity contribution in [2.45, 2.75) is 24.6 Å². The third-order valence-corrected chi connectivity index (χ3v) is 6.41. The van der Waals surface area contributed by atoms with E-state index in [-0.39, 0.29) is 16.7 Å². The van der Waals surface area contributed by atoms with E-state index in [0.717, 1.165) is 26.7 Å². The molecule has 108 valence electrons. The minimum atomic E-state index is -3.67. The second-order valence-corrected chi connectivity index (χ2v) is 8.51. The predicted octanol–water partition coefficient (Wildman–Crippen LogP) is 2.00. The van der Waals surface area contributed by atoms with Crippen LogP contribution >= 0.6 is 22.7 Å². The van der Waals surface area contributed by atoms with Gasteiger partial charge in [-0.05, 0) is 37.6 Å². The van der Waals surface area contributed by atoms with Crippen molar-refractivity contribution in [2.24, 2.45) is 5.14 Å². The van der Waals surface area contributed by atoms with E-state index in [9.17, 15) is 13.2 Å². The summed E-state index contributed by atoms with van der Waals surface area (Å²) in [7, 11) is -3.67. The summed E-state index contributed by atoms with van der Waals surface area (Å²) < 4.78 is 22.4. The Labute approximate surface area is 125 Å². The zero-order chi connectivity index (χ0) is 14.9. The smallest absolute Gasteiger partial charge is 0.261 e. The molecule has 2 heterocycles. The van der Waals surface area contributed by atoms with Gasteiger partial charge in [-0.15, -0.1) is 22.7 Å². The van der Waals surface area contributed by atoms with Gasteiger partial charge in [0.15, 0.2) is 0 Å². The second-order valence-electron chi connectivity index (χ2n) is 4.30. The van der Waals surface area contributed by atoms with E-state index in [1.165, 1.54) is 17.4 Å². The molecule has 0 unspecified atom stereocenters. The van der Waals surface area contributed by atoms with Gasteiger partial charge in [0.25, 0.3) is 5.91 Å². The lowest BCUT2D eigenvalue weighted by atomic mass is 10.3. The van der Waals surface area contributed by atoms with E-state index in [1.54, 1.807) is 6.07 Å². The third-order valence-electron chi connectivity index (χ3n) is 2.73. The zero-order valence-corrected chi connectivity index (χ0v) is 13.4. The molecule has 0 saturated heterocycles. The highest BCUT2D eigenvalue weighted by atomic mass is 32.2. The van der Waals surface area contributed by atoms with E-state index in [0.29, 0.717) is 4.88 Å². The average molecular weight is 330 g/mol. The molecule has 0 aromatic carbocycles.